The van der Waals surface area contributed by atoms with Crippen LogP contribution in [0.5, 0.6) is 0 Å². The molecule has 0 aromatic carbocycles. The Bertz CT molecular complexity index is 436. The van der Waals surface area contributed by atoms with Crippen LogP contribution in [0, 0.1) is 0 Å². The van der Waals surface area contributed by atoms with Crippen molar-refractivity contribution in [3.8, 4) is 0 Å². The summed E-state index contributed by atoms with van der Waals surface area (Å²) < 4.78 is 2.54. The van der Waals surface area contributed by atoms with Crippen molar-refractivity contribution in [1.82, 2.24) is 9.61 Å². The molecule has 60 valence electrons. The SMILES string of the molecule is O=Cc1cnn2cccc(Br)c12. The number of hydrogen-bond donors (Lipinski definition) is 0. The highest BCUT2D eigenvalue weighted by Gasteiger charge is 2.04. The van der Waals surface area contributed by atoms with E-state index in [2.05, 4.69) is 21.0 Å². The molecule has 2 aromatic rings. The minimum Gasteiger partial charge on any atom is -0.298 e. The lowest BCUT2D eigenvalue weighted by molar-refractivity contribution is 0.112. The summed E-state index contributed by atoms with van der Waals surface area (Å²) in [6.45, 7) is 0. The summed E-state index contributed by atoms with van der Waals surface area (Å²) in [7, 11) is 0. The standard InChI is InChI=1S/C8H5BrN2O/c9-7-2-1-3-11-8(7)6(5-12)4-10-11/h1-5H. The minimum absolute atomic E-state index is 0.600. The van der Waals surface area contributed by atoms with Gasteiger partial charge in [-0.05, 0) is 28.1 Å². The summed E-state index contributed by atoms with van der Waals surface area (Å²) in [6.07, 6.45) is 4.15. The monoisotopic (exact) mass is 224 g/mol. The van der Waals surface area contributed by atoms with Crippen molar-refractivity contribution >= 4 is 27.7 Å². The van der Waals surface area contributed by atoms with E-state index >= 15 is 0 Å². The second kappa shape index (κ2) is 2.71. The van der Waals surface area contributed by atoms with Crippen LogP contribution >= 0.6 is 15.9 Å². The van der Waals surface area contributed by atoms with E-state index in [9.17, 15) is 4.79 Å². The molecular weight excluding hydrogens is 220 g/mol. The maximum atomic E-state index is 10.6. The third-order valence-corrected chi connectivity index (χ3v) is 2.29. The van der Waals surface area contributed by atoms with Gasteiger partial charge in [-0.3, -0.25) is 4.79 Å². The molecule has 3 nitrogen and oxygen atoms in total. The fourth-order valence-corrected chi connectivity index (χ4v) is 1.67. The molecule has 2 heterocycles. The molecule has 0 aliphatic heterocycles. The molecule has 0 saturated heterocycles. The third kappa shape index (κ3) is 0.956. The average molecular weight is 225 g/mol. The van der Waals surface area contributed by atoms with Crippen LogP contribution in [-0.2, 0) is 0 Å². The minimum atomic E-state index is 0.600. The highest BCUT2D eigenvalue weighted by molar-refractivity contribution is 9.10. The van der Waals surface area contributed by atoms with Crippen LogP contribution in [0.25, 0.3) is 5.52 Å². The first kappa shape index (κ1) is 7.49. The predicted molar refractivity (Wildman–Crippen MR) is 48.3 cm³/mol. The van der Waals surface area contributed by atoms with Gasteiger partial charge in [-0.25, -0.2) is 4.52 Å². The van der Waals surface area contributed by atoms with Gasteiger partial charge in [-0.1, -0.05) is 0 Å². The normalized spacial score (nSPS) is 10.4. The van der Waals surface area contributed by atoms with Gasteiger partial charge in [0.1, 0.15) is 0 Å². The summed E-state index contributed by atoms with van der Waals surface area (Å²) in [5.74, 6) is 0. The van der Waals surface area contributed by atoms with Gasteiger partial charge >= 0.3 is 0 Å². The molecule has 0 bridgehead atoms. The van der Waals surface area contributed by atoms with Crippen molar-refractivity contribution in [2.75, 3.05) is 0 Å². The van der Waals surface area contributed by atoms with Crippen LogP contribution in [0.15, 0.2) is 29.0 Å². The molecule has 0 amide bonds. The number of aromatic nitrogens is 2. The van der Waals surface area contributed by atoms with E-state index in [4.69, 9.17) is 0 Å². The Balaban J connectivity index is 2.91. The Morgan fingerprint density at radius 1 is 1.58 bits per heavy atom. The van der Waals surface area contributed by atoms with Gasteiger partial charge in [0.15, 0.2) is 6.29 Å². The summed E-state index contributed by atoms with van der Waals surface area (Å²) in [6, 6.07) is 3.74. The molecule has 0 fully saturated rings. The molecule has 0 aliphatic rings. The number of hydrogen-bond acceptors (Lipinski definition) is 2. The summed E-state index contributed by atoms with van der Waals surface area (Å²) in [4.78, 5) is 10.6. The molecular formula is C8H5BrN2O. The molecule has 2 rings (SSSR count). The molecule has 0 saturated carbocycles. The van der Waals surface area contributed by atoms with Crippen molar-refractivity contribution in [3.63, 3.8) is 0 Å². The molecule has 4 heteroatoms. The average Bonchev–Trinajstić information content (AvgIpc) is 2.49. The van der Waals surface area contributed by atoms with Crippen LogP contribution in [0.3, 0.4) is 0 Å². The molecule has 0 atom stereocenters. The van der Waals surface area contributed by atoms with E-state index in [0.29, 0.717) is 5.56 Å². The fraction of sp³-hybridized carbons (Fsp3) is 0. The van der Waals surface area contributed by atoms with E-state index < -0.39 is 0 Å². The van der Waals surface area contributed by atoms with Gasteiger partial charge in [0.05, 0.1) is 17.3 Å². The molecule has 0 radical (unpaired) electrons. The molecule has 2 aromatic heterocycles. The summed E-state index contributed by atoms with van der Waals surface area (Å²) >= 11 is 3.35. The number of fused-ring (bicyclic) bond motifs is 1. The van der Waals surface area contributed by atoms with Gasteiger partial charge in [-0.2, -0.15) is 5.10 Å². The van der Waals surface area contributed by atoms with Crippen molar-refractivity contribution in [1.29, 1.82) is 0 Å². The number of aldehydes is 1. The molecule has 12 heavy (non-hydrogen) atoms. The van der Waals surface area contributed by atoms with Crippen molar-refractivity contribution in [2.24, 2.45) is 0 Å². The predicted octanol–water partition coefficient (Wildman–Crippen LogP) is 1.91. The zero-order chi connectivity index (χ0) is 8.55. The van der Waals surface area contributed by atoms with E-state index in [1.807, 2.05) is 12.1 Å². The lowest BCUT2D eigenvalue weighted by atomic mass is 10.3. The van der Waals surface area contributed by atoms with E-state index in [-0.39, 0.29) is 0 Å². The molecule has 0 spiro atoms. The largest absolute Gasteiger partial charge is 0.298 e. The second-order valence-electron chi connectivity index (χ2n) is 2.37. The highest BCUT2D eigenvalue weighted by atomic mass is 79.9. The van der Waals surface area contributed by atoms with Gasteiger partial charge in [0.2, 0.25) is 0 Å². The number of carbonyl (C=O) groups excluding carboxylic acids is 1. The quantitative estimate of drug-likeness (QED) is 0.694. The van der Waals surface area contributed by atoms with Crippen molar-refractivity contribution < 1.29 is 4.79 Å². The highest BCUT2D eigenvalue weighted by Crippen LogP contribution is 2.19. The van der Waals surface area contributed by atoms with Gasteiger partial charge < -0.3 is 0 Å². The zero-order valence-electron chi connectivity index (χ0n) is 6.07. The van der Waals surface area contributed by atoms with Crippen molar-refractivity contribution in [2.45, 2.75) is 0 Å². The first-order chi connectivity index (χ1) is 5.83. The van der Waals surface area contributed by atoms with Crippen LogP contribution in [0.1, 0.15) is 10.4 Å². The lowest BCUT2D eigenvalue weighted by Crippen LogP contribution is -1.86. The third-order valence-electron chi connectivity index (χ3n) is 1.65. The van der Waals surface area contributed by atoms with Gasteiger partial charge in [-0.15, -0.1) is 0 Å². The van der Waals surface area contributed by atoms with Crippen LogP contribution < -0.4 is 0 Å². The number of carbonyl (C=O) groups is 1. The van der Waals surface area contributed by atoms with Crippen LogP contribution in [0.2, 0.25) is 0 Å². The molecule has 0 N–H and O–H groups in total. The molecule has 0 aliphatic carbocycles. The van der Waals surface area contributed by atoms with Crippen molar-refractivity contribution in [3.05, 3.63) is 34.6 Å². The lowest BCUT2D eigenvalue weighted by Gasteiger charge is -1.94. The fourth-order valence-electron chi connectivity index (χ4n) is 1.11. The first-order valence-corrected chi connectivity index (χ1v) is 4.19. The number of halogens is 1. The summed E-state index contributed by atoms with van der Waals surface area (Å²) in [5.41, 5.74) is 1.41. The number of pyridine rings is 1. The summed E-state index contributed by atoms with van der Waals surface area (Å²) in [5, 5.41) is 4.01. The van der Waals surface area contributed by atoms with E-state index in [1.165, 1.54) is 0 Å². The molecule has 0 unspecified atom stereocenters. The van der Waals surface area contributed by atoms with E-state index in [1.54, 1.807) is 16.9 Å². The van der Waals surface area contributed by atoms with Gasteiger partial charge in [0.25, 0.3) is 0 Å². The van der Waals surface area contributed by atoms with E-state index in [0.717, 1.165) is 16.3 Å². The Hall–Kier alpha value is -1.16. The Kier molecular flexibility index (Phi) is 1.69. The smallest absolute Gasteiger partial charge is 0.153 e. The van der Waals surface area contributed by atoms with Crippen LogP contribution in [0.4, 0.5) is 0 Å². The van der Waals surface area contributed by atoms with Crippen LogP contribution in [-0.4, -0.2) is 15.9 Å². The zero-order valence-corrected chi connectivity index (χ0v) is 7.65. The Labute approximate surface area is 77.1 Å². The number of rotatable bonds is 1. The maximum absolute atomic E-state index is 10.6. The van der Waals surface area contributed by atoms with Gasteiger partial charge in [0, 0.05) is 10.7 Å². The maximum Gasteiger partial charge on any atom is 0.153 e. The number of nitrogens with zero attached hydrogens (tertiary/aromatic N) is 2. The Morgan fingerprint density at radius 3 is 3.17 bits per heavy atom. The Morgan fingerprint density at radius 2 is 2.42 bits per heavy atom. The first-order valence-electron chi connectivity index (χ1n) is 3.40. The topological polar surface area (TPSA) is 34.4 Å². The second-order valence-corrected chi connectivity index (χ2v) is 3.22.